The van der Waals surface area contributed by atoms with Crippen LogP contribution in [0.5, 0.6) is 0 Å². The van der Waals surface area contributed by atoms with E-state index in [1.165, 1.54) is 22.9 Å². The number of rotatable bonds is 6. The van der Waals surface area contributed by atoms with Crippen molar-refractivity contribution in [3.63, 3.8) is 0 Å². The van der Waals surface area contributed by atoms with Gasteiger partial charge in [-0.1, -0.05) is 42.5 Å². The fourth-order valence-electron chi connectivity index (χ4n) is 4.29. The molecular weight excluding hydrogens is 516 g/mol. The number of nitrogens with zero attached hydrogens (tertiary/aromatic N) is 5. The molecule has 194 valence electrons. The van der Waals surface area contributed by atoms with E-state index in [1.54, 1.807) is 49.4 Å². The minimum Gasteiger partial charge on any atom is -0.368 e. The molecule has 11 nitrogen and oxygen atoms in total. The first kappa shape index (κ1) is 25.5. The lowest BCUT2D eigenvalue weighted by Crippen LogP contribution is -2.28. The topological polar surface area (TPSA) is 183 Å². The third kappa shape index (κ3) is 4.91. The number of primary sulfonamides is 1. The van der Waals surface area contributed by atoms with Crippen LogP contribution < -0.4 is 21.7 Å². The largest absolute Gasteiger partial charge is 0.368 e. The molecule has 2 aromatic heterocycles. The Kier molecular flexibility index (Phi) is 6.53. The van der Waals surface area contributed by atoms with Crippen LogP contribution in [0.15, 0.2) is 88.7 Å². The molecule has 12 heteroatoms. The third-order valence-corrected chi connectivity index (χ3v) is 7.03. The second-order valence-electron chi connectivity index (χ2n) is 8.68. The average molecular weight is 539 g/mol. The Morgan fingerprint density at radius 3 is 2.38 bits per heavy atom. The van der Waals surface area contributed by atoms with Crippen molar-refractivity contribution in [1.29, 1.82) is 5.26 Å². The van der Waals surface area contributed by atoms with E-state index in [0.29, 0.717) is 33.5 Å². The maximum Gasteiger partial charge on any atom is 0.266 e. The van der Waals surface area contributed by atoms with Gasteiger partial charge in [0.25, 0.3) is 5.56 Å². The van der Waals surface area contributed by atoms with Crippen LogP contribution in [-0.2, 0) is 10.0 Å². The fraction of sp³-hybridized carbons (Fsp3) is 0.0741. The number of nitriles is 1. The van der Waals surface area contributed by atoms with Crippen LogP contribution in [0.3, 0.4) is 0 Å². The van der Waals surface area contributed by atoms with E-state index < -0.39 is 16.1 Å². The summed E-state index contributed by atoms with van der Waals surface area (Å²) in [5, 5.41) is 18.2. The Hall–Kier alpha value is -5.12. The van der Waals surface area contributed by atoms with E-state index >= 15 is 0 Å². The summed E-state index contributed by atoms with van der Waals surface area (Å²) >= 11 is 0. The van der Waals surface area contributed by atoms with Crippen LogP contribution in [0.25, 0.3) is 27.7 Å². The van der Waals surface area contributed by atoms with E-state index in [0.717, 1.165) is 0 Å². The Bertz CT molecular complexity index is 1920. The highest BCUT2D eigenvalue weighted by Gasteiger charge is 2.21. The van der Waals surface area contributed by atoms with Gasteiger partial charge in [0.05, 0.1) is 33.7 Å². The molecule has 0 aliphatic carbocycles. The van der Waals surface area contributed by atoms with E-state index in [9.17, 15) is 18.5 Å². The second-order valence-corrected chi connectivity index (χ2v) is 10.2. The van der Waals surface area contributed by atoms with Gasteiger partial charge in [-0.15, -0.1) is 0 Å². The molecule has 3 aromatic carbocycles. The first-order chi connectivity index (χ1) is 18.7. The van der Waals surface area contributed by atoms with E-state index in [-0.39, 0.29) is 27.8 Å². The van der Waals surface area contributed by atoms with Crippen molar-refractivity contribution in [1.82, 2.24) is 19.5 Å². The molecule has 2 heterocycles. The van der Waals surface area contributed by atoms with Crippen LogP contribution >= 0.6 is 0 Å². The Labute approximate surface area is 223 Å². The maximum atomic E-state index is 14.2. The third-order valence-electron chi connectivity index (χ3n) is 6.10. The number of sulfonamides is 1. The van der Waals surface area contributed by atoms with Gasteiger partial charge >= 0.3 is 0 Å². The summed E-state index contributed by atoms with van der Waals surface area (Å²) in [6.07, 6.45) is 1.32. The number of anilines is 2. The van der Waals surface area contributed by atoms with Gasteiger partial charge in [-0.3, -0.25) is 9.36 Å². The fourth-order valence-corrected chi connectivity index (χ4v) is 4.80. The Balaban J connectivity index is 1.72. The number of nitrogen functional groups attached to an aromatic ring is 1. The molecule has 5 rings (SSSR count). The summed E-state index contributed by atoms with van der Waals surface area (Å²) in [5.74, 6) is 0.588. The number of aromatic nitrogens is 4. The normalized spacial score (nSPS) is 12.1. The maximum absolute atomic E-state index is 14.2. The van der Waals surface area contributed by atoms with E-state index in [4.69, 9.17) is 15.9 Å². The summed E-state index contributed by atoms with van der Waals surface area (Å²) in [6.45, 7) is 1.79. The molecule has 0 radical (unpaired) electrons. The predicted octanol–water partition coefficient (Wildman–Crippen LogP) is 3.12. The molecule has 0 aliphatic heterocycles. The molecule has 0 saturated carbocycles. The van der Waals surface area contributed by atoms with E-state index in [2.05, 4.69) is 15.3 Å². The van der Waals surface area contributed by atoms with Crippen LogP contribution in [-0.4, -0.2) is 27.9 Å². The zero-order valence-corrected chi connectivity index (χ0v) is 21.4. The molecule has 5 aromatic rings. The number of nitrogens with one attached hydrogen (secondary N) is 1. The predicted molar refractivity (Wildman–Crippen MR) is 147 cm³/mol. The van der Waals surface area contributed by atoms with Gasteiger partial charge < -0.3 is 11.1 Å². The molecule has 39 heavy (non-hydrogen) atoms. The highest BCUT2D eigenvalue weighted by atomic mass is 32.2. The summed E-state index contributed by atoms with van der Waals surface area (Å²) in [7, 11) is -3.87. The number of hydrogen-bond acceptors (Lipinski definition) is 9. The molecule has 0 spiro atoms. The second kappa shape index (κ2) is 9.97. The molecule has 0 aliphatic rings. The summed E-state index contributed by atoms with van der Waals surface area (Å²) in [4.78, 5) is 27.0. The van der Waals surface area contributed by atoms with Gasteiger partial charge in [-0.05, 0) is 48.4 Å². The minimum atomic E-state index is -3.87. The number of benzene rings is 3. The van der Waals surface area contributed by atoms with Crippen molar-refractivity contribution in [3.05, 3.63) is 101 Å². The highest BCUT2D eigenvalue weighted by molar-refractivity contribution is 7.89. The van der Waals surface area contributed by atoms with Crippen molar-refractivity contribution in [2.45, 2.75) is 17.9 Å². The van der Waals surface area contributed by atoms with Crippen molar-refractivity contribution in [2.75, 3.05) is 11.1 Å². The van der Waals surface area contributed by atoms with Gasteiger partial charge in [0.15, 0.2) is 0 Å². The number of para-hydroxylation sites is 1. The summed E-state index contributed by atoms with van der Waals surface area (Å²) < 4.78 is 24.9. The minimum absolute atomic E-state index is 0.00582. The number of nitrogens with two attached hydrogens (primary N) is 2. The first-order valence-electron chi connectivity index (χ1n) is 11.7. The van der Waals surface area contributed by atoms with Crippen molar-refractivity contribution in [2.24, 2.45) is 5.14 Å². The SMILES string of the molecule is C[C@@H](Nc1nc(N)ncc1C#N)c1nc2cccc(-c3ccc(S(N)(=O)=O)cc3)c2c(=O)n1-c1ccccc1. The first-order valence-corrected chi connectivity index (χ1v) is 13.3. The molecule has 0 unspecified atom stereocenters. The van der Waals surface area contributed by atoms with Crippen LogP contribution in [0, 0.1) is 11.3 Å². The number of hydrogen-bond donors (Lipinski definition) is 3. The molecule has 0 fully saturated rings. The average Bonchev–Trinajstić information content (AvgIpc) is 2.93. The lowest BCUT2D eigenvalue weighted by atomic mass is 10.0. The van der Waals surface area contributed by atoms with Gasteiger partial charge in [-0.2, -0.15) is 10.2 Å². The molecular formula is C27H22N8O3S. The molecule has 5 N–H and O–H groups in total. The van der Waals surface area contributed by atoms with Crippen LogP contribution in [0.4, 0.5) is 11.8 Å². The molecule has 0 amide bonds. The smallest absolute Gasteiger partial charge is 0.266 e. The van der Waals surface area contributed by atoms with Gasteiger partial charge in [0.1, 0.15) is 23.3 Å². The Morgan fingerprint density at radius 1 is 1.00 bits per heavy atom. The standard InChI is InChI=1S/C27H22N8O3S/c1-16(32-24-18(14-28)15-31-27(29)34-24)25-33-22-9-5-8-21(17-10-12-20(13-11-17)39(30,37)38)23(22)26(36)35(25)19-6-3-2-4-7-19/h2-13,15-16H,1H3,(H2,30,37,38)(H3,29,31,32,34)/t16-/m1/s1. The van der Waals surface area contributed by atoms with E-state index in [1.807, 2.05) is 24.3 Å². The lowest BCUT2D eigenvalue weighted by Gasteiger charge is -2.21. The van der Waals surface area contributed by atoms with Gasteiger partial charge in [-0.25, -0.2) is 23.5 Å². The van der Waals surface area contributed by atoms with Crippen molar-refractivity contribution >= 4 is 32.7 Å². The van der Waals surface area contributed by atoms with Crippen LogP contribution in [0.2, 0.25) is 0 Å². The summed E-state index contributed by atoms with van der Waals surface area (Å²) in [5.41, 5.74) is 7.83. The zero-order valence-electron chi connectivity index (χ0n) is 20.6. The molecule has 1 atom stereocenters. The lowest BCUT2D eigenvalue weighted by molar-refractivity contribution is 0.598. The Morgan fingerprint density at radius 2 is 1.72 bits per heavy atom. The molecule has 0 saturated heterocycles. The monoisotopic (exact) mass is 538 g/mol. The zero-order chi connectivity index (χ0) is 27.7. The van der Waals surface area contributed by atoms with Crippen molar-refractivity contribution in [3.8, 4) is 22.9 Å². The van der Waals surface area contributed by atoms with Gasteiger partial charge in [0.2, 0.25) is 16.0 Å². The quantitative estimate of drug-likeness (QED) is 0.292. The molecule has 0 bridgehead atoms. The highest BCUT2D eigenvalue weighted by Crippen LogP contribution is 2.29. The van der Waals surface area contributed by atoms with Crippen molar-refractivity contribution < 1.29 is 8.42 Å². The van der Waals surface area contributed by atoms with Gasteiger partial charge in [0, 0.05) is 0 Å². The number of fused-ring (bicyclic) bond motifs is 1. The summed E-state index contributed by atoms with van der Waals surface area (Å²) in [6, 6.07) is 21.7. The van der Waals surface area contributed by atoms with Crippen LogP contribution in [0.1, 0.15) is 24.4 Å².